The minimum absolute atomic E-state index is 0.115. The molecule has 2 unspecified atom stereocenters. The lowest BCUT2D eigenvalue weighted by Gasteiger charge is -2.28. The zero-order valence-corrected chi connectivity index (χ0v) is 25.7. The van der Waals surface area contributed by atoms with E-state index in [1.807, 2.05) is 109 Å². The first-order valence-corrected chi connectivity index (χ1v) is 15.9. The van der Waals surface area contributed by atoms with Crippen molar-refractivity contribution in [3.63, 3.8) is 0 Å². The lowest BCUT2D eigenvalue weighted by Crippen LogP contribution is -2.21. The van der Waals surface area contributed by atoms with Crippen molar-refractivity contribution in [1.29, 1.82) is 5.26 Å². The number of rotatable bonds is 5. The number of benzene rings is 6. The molecule has 9 rings (SSSR count). The number of nitriles is 1. The first-order valence-electron chi connectivity index (χ1n) is 15.9. The van der Waals surface area contributed by atoms with E-state index in [4.69, 9.17) is 19.7 Å². The van der Waals surface area contributed by atoms with Crippen molar-refractivity contribution in [1.82, 2.24) is 15.0 Å². The van der Waals surface area contributed by atoms with Gasteiger partial charge in [-0.05, 0) is 47.5 Å². The van der Waals surface area contributed by atoms with Crippen LogP contribution in [0.3, 0.4) is 0 Å². The predicted octanol–water partition coefficient (Wildman–Crippen LogP) is 9.74. The van der Waals surface area contributed by atoms with Gasteiger partial charge in [-0.3, -0.25) is 0 Å². The summed E-state index contributed by atoms with van der Waals surface area (Å²) in [7, 11) is 0. The molecule has 6 aromatic carbocycles. The van der Waals surface area contributed by atoms with Crippen molar-refractivity contribution in [2.45, 2.75) is 12.1 Å². The van der Waals surface area contributed by atoms with Crippen molar-refractivity contribution >= 4 is 11.4 Å². The van der Waals surface area contributed by atoms with Gasteiger partial charge >= 0.3 is 0 Å². The molecule has 6 heteroatoms. The third-order valence-corrected chi connectivity index (χ3v) is 9.09. The molecule has 2 atom stereocenters. The average molecular weight is 618 g/mol. The molecule has 2 aliphatic rings. The van der Waals surface area contributed by atoms with E-state index in [0.717, 1.165) is 56.1 Å². The maximum atomic E-state index is 10.4. The molecule has 7 aromatic rings. The molecule has 0 saturated carbocycles. The Bertz CT molecular complexity index is 2370. The van der Waals surface area contributed by atoms with Crippen LogP contribution in [0, 0.1) is 11.3 Å². The minimum Gasteiger partial charge on any atom is -0.483 e. The molecule has 0 saturated heterocycles. The van der Waals surface area contributed by atoms with E-state index < -0.39 is 0 Å². The van der Waals surface area contributed by atoms with Crippen molar-refractivity contribution < 1.29 is 4.74 Å². The molecular weight excluding hydrogens is 590 g/mol. The quantitative estimate of drug-likeness (QED) is 0.191. The summed E-state index contributed by atoms with van der Waals surface area (Å²) in [5, 5.41) is 10.4. The number of anilines is 2. The number of nitrogens with zero attached hydrogens (tertiary/aromatic N) is 5. The molecular formula is C42H27N5O. The molecule has 0 bridgehead atoms. The molecule has 2 aliphatic heterocycles. The van der Waals surface area contributed by atoms with Crippen LogP contribution in [0.2, 0.25) is 0 Å². The highest BCUT2D eigenvalue weighted by Crippen LogP contribution is 2.59. The lowest BCUT2D eigenvalue weighted by atomic mass is 10.0. The summed E-state index contributed by atoms with van der Waals surface area (Å²) in [4.78, 5) is 17.3. The summed E-state index contributed by atoms with van der Waals surface area (Å²) in [5.41, 5.74) is 9.34. The molecule has 0 fully saturated rings. The second kappa shape index (κ2) is 11.3. The minimum atomic E-state index is -0.181. The fourth-order valence-corrected chi connectivity index (χ4v) is 6.87. The van der Waals surface area contributed by atoms with Crippen LogP contribution in [0.5, 0.6) is 5.75 Å². The second-order valence-electron chi connectivity index (χ2n) is 11.9. The van der Waals surface area contributed by atoms with Crippen molar-refractivity contribution in [2.24, 2.45) is 0 Å². The zero-order chi connectivity index (χ0) is 32.0. The fourth-order valence-electron chi connectivity index (χ4n) is 6.87. The van der Waals surface area contributed by atoms with E-state index in [0.29, 0.717) is 23.0 Å². The second-order valence-corrected chi connectivity index (χ2v) is 11.9. The number of hydrogen-bond acceptors (Lipinski definition) is 6. The van der Waals surface area contributed by atoms with E-state index in [9.17, 15) is 5.26 Å². The normalized spacial score (nSPS) is 15.6. The Morgan fingerprint density at radius 3 is 1.83 bits per heavy atom. The van der Waals surface area contributed by atoms with Crippen LogP contribution in [-0.2, 0) is 0 Å². The van der Waals surface area contributed by atoms with Gasteiger partial charge < -0.3 is 9.64 Å². The zero-order valence-electron chi connectivity index (χ0n) is 25.7. The third kappa shape index (κ3) is 4.60. The van der Waals surface area contributed by atoms with Gasteiger partial charge in [0.05, 0.1) is 11.3 Å². The van der Waals surface area contributed by atoms with Gasteiger partial charge in [0.15, 0.2) is 23.6 Å². The molecule has 226 valence electrons. The van der Waals surface area contributed by atoms with Gasteiger partial charge in [0.25, 0.3) is 0 Å². The number of para-hydroxylation sites is 2. The Morgan fingerprint density at radius 2 is 1.08 bits per heavy atom. The summed E-state index contributed by atoms with van der Waals surface area (Å²) < 4.78 is 6.51. The molecule has 48 heavy (non-hydrogen) atoms. The maximum absolute atomic E-state index is 10.4. The Kier molecular flexibility index (Phi) is 6.55. The van der Waals surface area contributed by atoms with Crippen molar-refractivity contribution in [3.8, 4) is 57.1 Å². The van der Waals surface area contributed by atoms with Crippen LogP contribution in [0.25, 0.3) is 45.3 Å². The van der Waals surface area contributed by atoms with Gasteiger partial charge in [0, 0.05) is 33.5 Å². The first-order chi connectivity index (χ1) is 23.7. The topological polar surface area (TPSA) is 74.9 Å². The molecule has 3 heterocycles. The van der Waals surface area contributed by atoms with Crippen LogP contribution >= 0.6 is 0 Å². The van der Waals surface area contributed by atoms with Gasteiger partial charge in [-0.25, -0.2) is 15.0 Å². The third-order valence-electron chi connectivity index (χ3n) is 9.09. The van der Waals surface area contributed by atoms with Gasteiger partial charge in [-0.1, -0.05) is 115 Å². The molecule has 1 aromatic heterocycles. The van der Waals surface area contributed by atoms with E-state index in [1.54, 1.807) is 0 Å². The predicted molar refractivity (Wildman–Crippen MR) is 187 cm³/mol. The van der Waals surface area contributed by atoms with Gasteiger partial charge in [0.2, 0.25) is 0 Å². The summed E-state index contributed by atoms with van der Waals surface area (Å²) >= 11 is 0. The number of aromatic nitrogens is 3. The fraction of sp³-hybridized carbons (Fsp3) is 0.0476. The molecule has 0 spiro atoms. The highest BCUT2D eigenvalue weighted by atomic mass is 16.5. The maximum Gasteiger partial charge on any atom is 0.164 e. The molecule has 0 N–H and O–H groups in total. The van der Waals surface area contributed by atoms with Crippen molar-refractivity contribution in [3.05, 3.63) is 168 Å². The molecule has 6 nitrogen and oxygen atoms in total. The number of fused-ring (bicyclic) bond motifs is 5. The molecule has 0 amide bonds. The molecule has 0 aliphatic carbocycles. The standard InChI is InChI=1S/C42H27N5O/c43-26-32-23-22-31(25-36(32)47-35-20-9-7-18-33(35)39-38(47)34-19-8-10-21-37(34)48-39)42-45-40(28-14-5-2-6-15-28)44-41(46-42)30-17-11-16-29(24-30)27-12-3-1-4-13-27/h1-25,38-39H. The Hall–Kier alpha value is -6.58. The van der Waals surface area contributed by atoms with Crippen LogP contribution in [0.4, 0.5) is 11.4 Å². The summed E-state index contributed by atoms with van der Waals surface area (Å²) in [6.45, 7) is 0. The lowest BCUT2D eigenvalue weighted by molar-refractivity contribution is 0.223. The number of ether oxygens (including phenoxy) is 1. The van der Waals surface area contributed by atoms with Crippen molar-refractivity contribution in [2.75, 3.05) is 4.90 Å². The Balaban J connectivity index is 1.21. The Labute approximate surface area is 278 Å². The Morgan fingerprint density at radius 1 is 0.500 bits per heavy atom. The highest BCUT2D eigenvalue weighted by molar-refractivity contribution is 5.81. The van der Waals surface area contributed by atoms with E-state index >= 15 is 0 Å². The average Bonchev–Trinajstić information content (AvgIpc) is 3.70. The first kappa shape index (κ1) is 27.7. The monoisotopic (exact) mass is 617 g/mol. The smallest absolute Gasteiger partial charge is 0.164 e. The van der Waals surface area contributed by atoms with Crippen LogP contribution in [0.15, 0.2) is 152 Å². The van der Waals surface area contributed by atoms with Gasteiger partial charge in [-0.15, -0.1) is 0 Å². The summed E-state index contributed by atoms with van der Waals surface area (Å²) in [5.74, 6) is 2.55. The highest BCUT2D eigenvalue weighted by Gasteiger charge is 2.47. The summed E-state index contributed by atoms with van der Waals surface area (Å²) in [6.07, 6.45) is -0.181. The summed E-state index contributed by atoms with van der Waals surface area (Å²) in [6, 6.07) is 53.1. The van der Waals surface area contributed by atoms with Crippen LogP contribution in [-0.4, -0.2) is 15.0 Å². The van der Waals surface area contributed by atoms with Gasteiger partial charge in [0.1, 0.15) is 17.9 Å². The van der Waals surface area contributed by atoms with E-state index in [1.165, 1.54) is 0 Å². The largest absolute Gasteiger partial charge is 0.483 e. The van der Waals surface area contributed by atoms with Crippen LogP contribution < -0.4 is 9.64 Å². The number of hydrogen-bond donors (Lipinski definition) is 0. The van der Waals surface area contributed by atoms with E-state index in [2.05, 4.69) is 53.4 Å². The van der Waals surface area contributed by atoms with Gasteiger partial charge in [-0.2, -0.15) is 5.26 Å². The van der Waals surface area contributed by atoms with Crippen LogP contribution in [0.1, 0.15) is 28.8 Å². The van der Waals surface area contributed by atoms with E-state index in [-0.39, 0.29) is 12.1 Å². The SMILES string of the molecule is N#Cc1ccc(-c2nc(-c3ccccc3)nc(-c3cccc(-c4ccccc4)c3)n2)cc1N1c2ccccc2C2Oc3ccccc3C21. The molecule has 0 radical (unpaired) electrons.